The van der Waals surface area contributed by atoms with Crippen LogP contribution in [0.1, 0.15) is 23.8 Å². The summed E-state index contributed by atoms with van der Waals surface area (Å²) in [4.78, 5) is 17.2. The van der Waals surface area contributed by atoms with Crippen LogP contribution in [0.2, 0.25) is 0 Å². The number of para-hydroxylation sites is 1. The van der Waals surface area contributed by atoms with Gasteiger partial charge >= 0.3 is 0 Å². The summed E-state index contributed by atoms with van der Waals surface area (Å²) in [5.41, 5.74) is 0.961. The molecule has 0 spiro atoms. The molecule has 2 atom stereocenters. The minimum Gasteiger partial charge on any atom is -0.355 e. The number of benzene rings is 1. The van der Waals surface area contributed by atoms with Crippen LogP contribution in [0.3, 0.4) is 0 Å². The number of sulfone groups is 1. The average molecular weight is 364 g/mol. The van der Waals surface area contributed by atoms with Crippen molar-refractivity contribution in [1.29, 1.82) is 0 Å². The van der Waals surface area contributed by atoms with E-state index in [-0.39, 0.29) is 30.0 Å². The van der Waals surface area contributed by atoms with Crippen molar-refractivity contribution < 1.29 is 13.2 Å². The minimum atomic E-state index is -3.07. The van der Waals surface area contributed by atoms with Crippen molar-refractivity contribution in [3.63, 3.8) is 0 Å². The molecule has 1 amide bonds. The number of thiazole rings is 1. The second kappa shape index (κ2) is 7.03. The molecule has 2 aromatic rings. The van der Waals surface area contributed by atoms with Crippen molar-refractivity contribution in [1.82, 2.24) is 10.3 Å². The van der Waals surface area contributed by atoms with Gasteiger partial charge in [-0.25, -0.2) is 13.4 Å². The number of nitrogens with one attached hydrogen (secondary N) is 1. The van der Waals surface area contributed by atoms with Gasteiger partial charge in [-0.15, -0.1) is 11.3 Å². The number of nitrogens with zero attached hydrogens (tertiary/aromatic N) is 1. The van der Waals surface area contributed by atoms with E-state index in [4.69, 9.17) is 4.98 Å². The Balaban J connectivity index is 1.75. The predicted molar refractivity (Wildman–Crippen MR) is 96.9 cm³/mol. The Labute approximate surface area is 145 Å². The van der Waals surface area contributed by atoms with Gasteiger partial charge in [0.25, 0.3) is 0 Å². The van der Waals surface area contributed by atoms with E-state index in [0.717, 1.165) is 21.6 Å². The van der Waals surface area contributed by atoms with E-state index in [2.05, 4.69) is 11.4 Å². The Bertz CT molecular complexity index is 838. The molecule has 1 aliphatic carbocycles. The smallest absolute Gasteiger partial charge is 0.224 e. The molecule has 24 heavy (non-hydrogen) atoms. The SMILES string of the molecule is CS(=O)(=O)CCNC(=O)C1CC=CCC1c1nc2ccccc2s1. The molecule has 7 heteroatoms. The van der Waals surface area contributed by atoms with Crippen LogP contribution < -0.4 is 5.32 Å². The second-order valence-corrected chi connectivity index (χ2v) is 9.42. The van der Waals surface area contributed by atoms with Crippen LogP contribution in [0.5, 0.6) is 0 Å². The molecule has 3 rings (SSSR count). The Morgan fingerprint density at radius 1 is 1.29 bits per heavy atom. The van der Waals surface area contributed by atoms with Gasteiger partial charge in [0.15, 0.2) is 0 Å². The summed E-state index contributed by atoms with van der Waals surface area (Å²) in [5.74, 6) is -0.277. The van der Waals surface area contributed by atoms with E-state index >= 15 is 0 Å². The fourth-order valence-corrected chi connectivity index (χ4v) is 4.54. The zero-order valence-corrected chi connectivity index (χ0v) is 15.1. The summed E-state index contributed by atoms with van der Waals surface area (Å²) in [6.45, 7) is 0.157. The predicted octanol–water partition coefficient (Wildman–Crippen LogP) is 2.51. The second-order valence-electron chi connectivity index (χ2n) is 6.10. The Hall–Kier alpha value is -1.73. The molecule has 1 heterocycles. The third-order valence-corrected chi connectivity index (χ3v) is 6.28. The van der Waals surface area contributed by atoms with E-state index in [1.165, 1.54) is 6.26 Å². The maximum Gasteiger partial charge on any atom is 0.224 e. The fraction of sp³-hybridized carbons (Fsp3) is 0.412. The fourth-order valence-electron chi connectivity index (χ4n) is 2.92. The van der Waals surface area contributed by atoms with Crippen LogP contribution >= 0.6 is 11.3 Å². The highest BCUT2D eigenvalue weighted by Crippen LogP contribution is 2.38. The Morgan fingerprint density at radius 3 is 2.79 bits per heavy atom. The lowest BCUT2D eigenvalue weighted by Crippen LogP contribution is -2.37. The first kappa shape index (κ1) is 17.1. The van der Waals surface area contributed by atoms with E-state index in [9.17, 15) is 13.2 Å². The van der Waals surface area contributed by atoms with E-state index in [0.29, 0.717) is 6.42 Å². The summed E-state index contributed by atoms with van der Waals surface area (Å²) in [6, 6.07) is 7.97. The number of carbonyl (C=O) groups is 1. The third-order valence-electron chi connectivity index (χ3n) is 4.17. The molecule has 1 aromatic heterocycles. The van der Waals surface area contributed by atoms with Gasteiger partial charge in [-0.1, -0.05) is 24.3 Å². The highest BCUT2D eigenvalue weighted by molar-refractivity contribution is 7.90. The normalized spacial score (nSPS) is 21.0. The molecule has 0 saturated carbocycles. The third kappa shape index (κ3) is 4.02. The molecule has 1 N–H and O–H groups in total. The molecule has 0 saturated heterocycles. The zero-order valence-electron chi connectivity index (χ0n) is 13.4. The largest absolute Gasteiger partial charge is 0.355 e. The molecule has 0 fully saturated rings. The minimum absolute atomic E-state index is 0.0346. The van der Waals surface area contributed by atoms with Gasteiger partial charge in [0.05, 0.1) is 26.9 Å². The van der Waals surface area contributed by atoms with Crippen LogP contribution in [0.15, 0.2) is 36.4 Å². The van der Waals surface area contributed by atoms with E-state index in [1.54, 1.807) is 11.3 Å². The van der Waals surface area contributed by atoms with Crippen LogP contribution in [0.4, 0.5) is 0 Å². The molecule has 1 aliphatic rings. The maximum absolute atomic E-state index is 12.5. The van der Waals surface area contributed by atoms with E-state index in [1.807, 2.05) is 30.3 Å². The van der Waals surface area contributed by atoms with Gasteiger partial charge in [0.2, 0.25) is 5.91 Å². The van der Waals surface area contributed by atoms with Gasteiger partial charge < -0.3 is 5.32 Å². The van der Waals surface area contributed by atoms with Crippen LogP contribution in [-0.4, -0.2) is 37.9 Å². The lowest BCUT2D eigenvalue weighted by Gasteiger charge is -2.26. The first-order valence-electron chi connectivity index (χ1n) is 7.90. The summed E-state index contributed by atoms with van der Waals surface area (Å²) >= 11 is 1.63. The Morgan fingerprint density at radius 2 is 2.04 bits per heavy atom. The number of amides is 1. The molecule has 0 aliphatic heterocycles. The molecule has 0 radical (unpaired) electrons. The highest BCUT2D eigenvalue weighted by Gasteiger charge is 2.32. The molecule has 1 aromatic carbocycles. The number of fused-ring (bicyclic) bond motifs is 1. The first-order valence-corrected chi connectivity index (χ1v) is 10.8. The number of hydrogen-bond donors (Lipinski definition) is 1. The van der Waals surface area contributed by atoms with Gasteiger partial charge in [-0.05, 0) is 25.0 Å². The Kier molecular flexibility index (Phi) is 5.01. The first-order chi connectivity index (χ1) is 11.4. The van der Waals surface area contributed by atoms with Gasteiger partial charge in [0, 0.05) is 18.7 Å². The standard InChI is InChI=1S/C17H20N2O3S2/c1-24(21,22)11-10-18-16(20)12-6-2-3-7-13(12)17-19-14-8-4-5-9-15(14)23-17/h2-5,8-9,12-13H,6-7,10-11H2,1H3,(H,18,20). The molecule has 0 bridgehead atoms. The van der Waals surface area contributed by atoms with Crippen molar-refractivity contribution in [2.24, 2.45) is 5.92 Å². The van der Waals surface area contributed by atoms with Crippen molar-refractivity contribution in [3.8, 4) is 0 Å². The van der Waals surface area contributed by atoms with Gasteiger partial charge in [-0.3, -0.25) is 4.79 Å². The number of allylic oxidation sites excluding steroid dienone is 2. The molecular weight excluding hydrogens is 344 g/mol. The topological polar surface area (TPSA) is 76.1 Å². The van der Waals surface area contributed by atoms with Crippen molar-refractivity contribution in [2.45, 2.75) is 18.8 Å². The van der Waals surface area contributed by atoms with Gasteiger partial charge in [-0.2, -0.15) is 0 Å². The summed E-state index contributed by atoms with van der Waals surface area (Å²) in [7, 11) is -3.07. The number of carbonyl (C=O) groups excluding carboxylic acids is 1. The van der Waals surface area contributed by atoms with Crippen molar-refractivity contribution >= 4 is 37.3 Å². The van der Waals surface area contributed by atoms with Gasteiger partial charge in [0.1, 0.15) is 9.84 Å². The lowest BCUT2D eigenvalue weighted by atomic mass is 9.82. The molecule has 5 nitrogen and oxygen atoms in total. The quantitative estimate of drug-likeness (QED) is 0.827. The number of hydrogen-bond acceptors (Lipinski definition) is 5. The van der Waals surface area contributed by atoms with Crippen molar-refractivity contribution in [2.75, 3.05) is 18.6 Å². The van der Waals surface area contributed by atoms with Crippen LogP contribution in [0, 0.1) is 5.92 Å². The lowest BCUT2D eigenvalue weighted by molar-refractivity contribution is -0.125. The van der Waals surface area contributed by atoms with Crippen LogP contribution in [0.25, 0.3) is 10.2 Å². The van der Waals surface area contributed by atoms with Crippen LogP contribution in [-0.2, 0) is 14.6 Å². The average Bonchev–Trinajstić information content (AvgIpc) is 2.97. The summed E-state index contributed by atoms with van der Waals surface area (Å²) in [5, 5.41) is 3.74. The maximum atomic E-state index is 12.5. The molecule has 2 unspecified atom stereocenters. The van der Waals surface area contributed by atoms with E-state index < -0.39 is 9.84 Å². The summed E-state index contributed by atoms with van der Waals surface area (Å²) < 4.78 is 23.5. The molecule has 128 valence electrons. The zero-order chi connectivity index (χ0) is 17.2. The monoisotopic (exact) mass is 364 g/mol. The molecular formula is C17H20N2O3S2. The summed E-state index contributed by atoms with van der Waals surface area (Å²) in [6.07, 6.45) is 6.73. The highest BCUT2D eigenvalue weighted by atomic mass is 32.2. The van der Waals surface area contributed by atoms with Crippen molar-refractivity contribution in [3.05, 3.63) is 41.4 Å². The number of rotatable bonds is 5. The number of aromatic nitrogens is 1.